The van der Waals surface area contributed by atoms with Crippen molar-refractivity contribution in [2.75, 3.05) is 19.6 Å². The number of hydroxylamine groups is 1. The van der Waals surface area contributed by atoms with Gasteiger partial charge in [0.2, 0.25) is 11.8 Å². The Bertz CT molecular complexity index is 689. The Balaban J connectivity index is 1.42. The molecule has 1 aromatic carbocycles. The normalized spacial score (nSPS) is 29.4. The highest BCUT2D eigenvalue weighted by molar-refractivity contribution is 5.90. The smallest absolute Gasteiger partial charge is 0.248 e. The van der Waals surface area contributed by atoms with Gasteiger partial charge in [-0.15, -0.1) is 0 Å². The van der Waals surface area contributed by atoms with Crippen LogP contribution in [-0.2, 0) is 16.0 Å². The maximum Gasteiger partial charge on any atom is 0.248 e. The molecule has 3 N–H and O–H groups in total. The molecule has 0 bridgehead atoms. The summed E-state index contributed by atoms with van der Waals surface area (Å²) in [6.45, 7) is 2.28. The first kappa shape index (κ1) is 18.4. The largest absolute Gasteiger partial charge is 0.341 e. The van der Waals surface area contributed by atoms with Crippen molar-refractivity contribution in [1.29, 1.82) is 0 Å². The number of benzene rings is 1. The Hall–Kier alpha value is -1.92. The third-order valence-corrected chi connectivity index (χ3v) is 6.62. The van der Waals surface area contributed by atoms with E-state index in [-0.39, 0.29) is 11.3 Å². The zero-order chi connectivity index (χ0) is 18.9. The molecule has 1 aliphatic carbocycles. The van der Waals surface area contributed by atoms with Gasteiger partial charge in [0.1, 0.15) is 0 Å². The number of rotatable bonds is 4. The summed E-state index contributed by atoms with van der Waals surface area (Å²) in [5, 5.41) is 12.5. The topological polar surface area (TPSA) is 81.7 Å². The Labute approximate surface area is 160 Å². The van der Waals surface area contributed by atoms with Gasteiger partial charge < -0.3 is 10.2 Å². The second-order valence-electron chi connectivity index (χ2n) is 8.63. The van der Waals surface area contributed by atoms with E-state index in [1.807, 2.05) is 11.0 Å². The molecular formula is C21H29N3O3. The zero-order valence-electron chi connectivity index (χ0n) is 15.7. The zero-order valence-corrected chi connectivity index (χ0v) is 15.7. The molecule has 6 heteroatoms. The molecule has 0 radical (unpaired) electrons. The lowest BCUT2D eigenvalue weighted by Crippen LogP contribution is -2.59. The highest BCUT2D eigenvalue weighted by atomic mass is 16.5. The summed E-state index contributed by atoms with van der Waals surface area (Å²) >= 11 is 0. The minimum atomic E-state index is -0.529. The average Bonchev–Trinajstić information content (AvgIpc) is 3.46. The molecule has 2 heterocycles. The molecule has 0 aromatic heterocycles. The number of hydrogen-bond donors (Lipinski definition) is 3. The number of carbonyl (C=O) groups is 2. The van der Waals surface area contributed by atoms with Crippen molar-refractivity contribution >= 4 is 11.8 Å². The van der Waals surface area contributed by atoms with E-state index in [4.69, 9.17) is 5.21 Å². The molecule has 3 fully saturated rings. The van der Waals surface area contributed by atoms with Crippen LogP contribution in [0.15, 0.2) is 30.3 Å². The van der Waals surface area contributed by atoms with Crippen LogP contribution in [0.25, 0.3) is 0 Å². The molecule has 2 amide bonds. The fourth-order valence-electron chi connectivity index (χ4n) is 4.85. The summed E-state index contributed by atoms with van der Waals surface area (Å²) < 4.78 is 0. The SMILES string of the molecule is O=C(NO)C1CC2(CC2)CNC1C(=O)N1CCCC(Cc2ccccc2)C1. The maximum atomic E-state index is 13.2. The number of hydrogen-bond acceptors (Lipinski definition) is 4. The number of nitrogens with zero attached hydrogens (tertiary/aromatic N) is 1. The van der Waals surface area contributed by atoms with Gasteiger partial charge in [-0.25, -0.2) is 5.48 Å². The van der Waals surface area contributed by atoms with E-state index in [1.54, 1.807) is 5.48 Å². The molecule has 3 atom stereocenters. The molecule has 3 unspecified atom stereocenters. The Kier molecular flexibility index (Phi) is 5.19. The lowest BCUT2D eigenvalue weighted by molar-refractivity contribution is -0.145. The summed E-state index contributed by atoms with van der Waals surface area (Å²) in [5.41, 5.74) is 3.24. The lowest BCUT2D eigenvalue weighted by Gasteiger charge is -2.40. The predicted octanol–water partition coefficient (Wildman–Crippen LogP) is 1.73. The third-order valence-electron chi connectivity index (χ3n) is 6.62. The Morgan fingerprint density at radius 2 is 2.04 bits per heavy atom. The minimum Gasteiger partial charge on any atom is -0.341 e. The van der Waals surface area contributed by atoms with Gasteiger partial charge in [0.05, 0.1) is 12.0 Å². The van der Waals surface area contributed by atoms with E-state index < -0.39 is 17.9 Å². The van der Waals surface area contributed by atoms with Crippen LogP contribution in [-0.4, -0.2) is 47.6 Å². The van der Waals surface area contributed by atoms with E-state index in [0.717, 1.165) is 51.7 Å². The number of piperidine rings is 2. The van der Waals surface area contributed by atoms with E-state index in [0.29, 0.717) is 12.3 Å². The molecule has 2 saturated heterocycles. The molecule has 3 aliphatic rings. The van der Waals surface area contributed by atoms with E-state index in [9.17, 15) is 9.59 Å². The van der Waals surface area contributed by atoms with Gasteiger partial charge in [-0.1, -0.05) is 30.3 Å². The Morgan fingerprint density at radius 1 is 1.26 bits per heavy atom. The number of nitrogens with one attached hydrogen (secondary N) is 2. The van der Waals surface area contributed by atoms with Crippen molar-refractivity contribution < 1.29 is 14.8 Å². The van der Waals surface area contributed by atoms with Gasteiger partial charge in [0.15, 0.2) is 0 Å². The molecule has 4 rings (SSSR count). The van der Waals surface area contributed by atoms with Gasteiger partial charge in [0, 0.05) is 19.6 Å². The molecule has 1 spiro atoms. The maximum absolute atomic E-state index is 13.2. The summed E-state index contributed by atoms with van der Waals surface area (Å²) in [6, 6.07) is 9.88. The first-order valence-corrected chi connectivity index (χ1v) is 10.1. The standard InChI is InChI=1S/C21H29N3O3/c25-19(23-27)17-12-21(8-9-21)14-22-18(17)20(26)24-10-4-7-16(13-24)11-15-5-2-1-3-6-15/h1-3,5-6,16-18,22,27H,4,7-14H2,(H,23,25). The second kappa shape index (κ2) is 7.60. The van der Waals surface area contributed by atoms with Crippen LogP contribution < -0.4 is 10.8 Å². The van der Waals surface area contributed by atoms with E-state index in [1.165, 1.54) is 5.56 Å². The summed E-state index contributed by atoms with van der Waals surface area (Å²) in [5.74, 6) is -0.469. The fraction of sp³-hybridized carbons (Fsp3) is 0.619. The van der Waals surface area contributed by atoms with E-state index in [2.05, 4.69) is 29.6 Å². The summed E-state index contributed by atoms with van der Waals surface area (Å²) in [7, 11) is 0. The fourth-order valence-corrected chi connectivity index (χ4v) is 4.85. The van der Waals surface area contributed by atoms with Gasteiger partial charge in [-0.3, -0.25) is 14.8 Å². The summed E-state index contributed by atoms with van der Waals surface area (Å²) in [4.78, 5) is 27.4. The van der Waals surface area contributed by atoms with Crippen LogP contribution in [0.5, 0.6) is 0 Å². The first-order chi connectivity index (χ1) is 13.1. The minimum absolute atomic E-state index is 0.0110. The van der Waals surface area contributed by atoms with Crippen molar-refractivity contribution in [3.63, 3.8) is 0 Å². The van der Waals surface area contributed by atoms with E-state index >= 15 is 0 Å². The van der Waals surface area contributed by atoms with Gasteiger partial charge in [-0.2, -0.15) is 0 Å². The number of amides is 2. The van der Waals surface area contributed by atoms with Crippen molar-refractivity contribution in [1.82, 2.24) is 15.7 Å². The van der Waals surface area contributed by atoms with Crippen LogP contribution >= 0.6 is 0 Å². The Morgan fingerprint density at radius 3 is 2.74 bits per heavy atom. The first-order valence-electron chi connectivity index (χ1n) is 10.1. The lowest BCUT2D eigenvalue weighted by atomic mass is 9.81. The van der Waals surface area contributed by atoms with Gasteiger partial charge in [-0.05, 0) is 55.4 Å². The highest BCUT2D eigenvalue weighted by Gasteiger charge is 2.52. The molecule has 146 valence electrons. The van der Waals surface area contributed by atoms with Crippen molar-refractivity contribution in [3.05, 3.63) is 35.9 Å². The molecule has 2 aliphatic heterocycles. The van der Waals surface area contributed by atoms with Gasteiger partial charge >= 0.3 is 0 Å². The van der Waals surface area contributed by atoms with Crippen LogP contribution in [0.1, 0.15) is 37.7 Å². The van der Waals surface area contributed by atoms with Crippen molar-refractivity contribution in [2.24, 2.45) is 17.3 Å². The quantitative estimate of drug-likeness (QED) is 0.556. The number of likely N-dealkylation sites (tertiary alicyclic amines) is 1. The highest BCUT2D eigenvalue weighted by Crippen LogP contribution is 2.52. The van der Waals surface area contributed by atoms with Crippen LogP contribution in [0.2, 0.25) is 0 Å². The number of carbonyl (C=O) groups excluding carboxylic acids is 2. The predicted molar refractivity (Wildman–Crippen MR) is 101 cm³/mol. The monoisotopic (exact) mass is 371 g/mol. The summed E-state index contributed by atoms with van der Waals surface area (Å²) in [6.07, 6.45) is 5.98. The molecular weight excluding hydrogens is 342 g/mol. The van der Waals surface area contributed by atoms with Crippen molar-refractivity contribution in [2.45, 2.75) is 44.6 Å². The van der Waals surface area contributed by atoms with Gasteiger partial charge in [0.25, 0.3) is 0 Å². The second-order valence-corrected chi connectivity index (χ2v) is 8.63. The molecule has 1 aromatic rings. The van der Waals surface area contributed by atoms with Crippen LogP contribution in [0.4, 0.5) is 0 Å². The van der Waals surface area contributed by atoms with Crippen molar-refractivity contribution in [3.8, 4) is 0 Å². The van der Waals surface area contributed by atoms with Crippen LogP contribution in [0.3, 0.4) is 0 Å². The molecule has 6 nitrogen and oxygen atoms in total. The molecule has 27 heavy (non-hydrogen) atoms. The van der Waals surface area contributed by atoms with Crippen LogP contribution in [0, 0.1) is 17.3 Å². The molecule has 1 saturated carbocycles. The third kappa shape index (κ3) is 4.01. The average molecular weight is 371 g/mol.